The Morgan fingerprint density at radius 3 is 3.00 bits per heavy atom. The molecule has 0 fully saturated rings. The fourth-order valence-electron chi connectivity index (χ4n) is 0.703. The highest BCUT2D eigenvalue weighted by Gasteiger charge is 2.01. The first-order valence-electron chi connectivity index (χ1n) is 3.30. The zero-order valence-electron chi connectivity index (χ0n) is 6.21. The largest absolute Gasteiger partial charge is 0.385 e. The zero-order valence-corrected chi connectivity index (χ0v) is 6.97. The Kier molecular flexibility index (Phi) is 3.32. The summed E-state index contributed by atoms with van der Waals surface area (Å²) in [6, 6.07) is 0. The summed E-state index contributed by atoms with van der Waals surface area (Å²) in [7, 11) is 1.65. The third kappa shape index (κ3) is 2.86. The van der Waals surface area contributed by atoms with Crippen LogP contribution in [-0.4, -0.2) is 23.9 Å². The fourth-order valence-corrected chi connectivity index (χ4v) is 0.832. The van der Waals surface area contributed by atoms with Crippen LogP contribution < -0.4 is 0 Å². The highest BCUT2D eigenvalue weighted by molar-refractivity contribution is 6.28. The molecular formula is C6H9ClN2O2. The first-order chi connectivity index (χ1) is 5.33. The molecule has 0 amide bonds. The molecule has 5 heteroatoms. The standard InChI is InChI=1S/C6H9ClN2O2/c1-10-4-2-3-5-8-6(7)9-11-5/h2-4H2,1H3. The third-order valence-corrected chi connectivity index (χ3v) is 1.34. The molecule has 11 heavy (non-hydrogen) atoms. The van der Waals surface area contributed by atoms with Crippen LogP contribution in [0.5, 0.6) is 0 Å². The van der Waals surface area contributed by atoms with Gasteiger partial charge in [0.15, 0.2) is 0 Å². The van der Waals surface area contributed by atoms with E-state index in [0.29, 0.717) is 18.9 Å². The Morgan fingerprint density at radius 1 is 1.64 bits per heavy atom. The van der Waals surface area contributed by atoms with E-state index < -0.39 is 0 Å². The fraction of sp³-hybridized carbons (Fsp3) is 0.667. The van der Waals surface area contributed by atoms with E-state index >= 15 is 0 Å². The molecule has 0 radical (unpaired) electrons. The van der Waals surface area contributed by atoms with E-state index in [1.54, 1.807) is 7.11 Å². The Bertz CT molecular complexity index is 214. The van der Waals surface area contributed by atoms with Gasteiger partial charge in [0.2, 0.25) is 5.89 Å². The number of aromatic nitrogens is 2. The van der Waals surface area contributed by atoms with Crippen LogP contribution in [0.25, 0.3) is 0 Å². The number of hydrogen-bond donors (Lipinski definition) is 0. The summed E-state index contributed by atoms with van der Waals surface area (Å²) in [5, 5.41) is 3.60. The summed E-state index contributed by atoms with van der Waals surface area (Å²) in [6.45, 7) is 0.694. The maximum Gasteiger partial charge on any atom is 0.263 e. The minimum absolute atomic E-state index is 0.164. The molecule has 0 spiro atoms. The molecular weight excluding hydrogens is 168 g/mol. The van der Waals surface area contributed by atoms with E-state index in [9.17, 15) is 0 Å². The van der Waals surface area contributed by atoms with Crippen LogP contribution in [0.15, 0.2) is 4.52 Å². The third-order valence-electron chi connectivity index (χ3n) is 1.18. The maximum atomic E-state index is 5.43. The van der Waals surface area contributed by atoms with Crippen molar-refractivity contribution >= 4 is 11.6 Å². The predicted octanol–water partition coefficient (Wildman–Crippen LogP) is 1.30. The predicted molar refractivity (Wildman–Crippen MR) is 39.5 cm³/mol. The number of hydrogen-bond acceptors (Lipinski definition) is 4. The second-order valence-electron chi connectivity index (χ2n) is 2.05. The summed E-state index contributed by atoms with van der Waals surface area (Å²) < 4.78 is 9.61. The summed E-state index contributed by atoms with van der Waals surface area (Å²) in [5.41, 5.74) is 0. The quantitative estimate of drug-likeness (QED) is 0.649. The van der Waals surface area contributed by atoms with Crippen molar-refractivity contribution in [3.63, 3.8) is 0 Å². The average molecular weight is 177 g/mol. The number of nitrogens with zero attached hydrogens (tertiary/aromatic N) is 2. The van der Waals surface area contributed by atoms with Crippen molar-refractivity contribution in [2.75, 3.05) is 13.7 Å². The monoisotopic (exact) mass is 176 g/mol. The van der Waals surface area contributed by atoms with Crippen molar-refractivity contribution in [1.82, 2.24) is 10.1 Å². The van der Waals surface area contributed by atoms with Crippen molar-refractivity contribution in [2.24, 2.45) is 0 Å². The summed E-state index contributed by atoms with van der Waals surface area (Å²) in [5.74, 6) is 0.562. The van der Waals surface area contributed by atoms with E-state index in [1.165, 1.54) is 0 Å². The molecule has 1 aromatic heterocycles. The van der Waals surface area contributed by atoms with Gasteiger partial charge in [-0.15, -0.1) is 0 Å². The van der Waals surface area contributed by atoms with Gasteiger partial charge in [0.05, 0.1) is 0 Å². The van der Waals surface area contributed by atoms with E-state index in [1.807, 2.05) is 0 Å². The molecule has 0 bridgehead atoms. The molecule has 1 rings (SSSR count). The molecule has 0 atom stereocenters. The molecule has 4 nitrogen and oxygen atoms in total. The van der Waals surface area contributed by atoms with Gasteiger partial charge < -0.3 is 9.26 Å². The van der Waals surface area contributed by atoms with Crippen LogP contribution in [0, 0.1) is 0 Å². The lowest BCUT2D eigenvalue weighted by Gasteiger charge is -1.92. The van der Waals surface area contributed by atoms with E-state index in [0.717, 1.165) is 6.42 Å². The number of methoxy groups -OCH3 is 1. The molecule has 0 unspecified atom stereocenters. The molecule has 0 aliphatic heterocycles. The van der Waals surface area contributed by atoms with Gasteiger partial charge in [0.25, 0.3) is 5.28 Å². The summed E-state index contributed by atoms with van der Waals surface area (Å²) >= 11 is 5.43. The first-order valence-corrected chi connectivity index (χ1v) is 3.67. The van der Waals surface area contributed by atoms with Gasteiger partial charge in [-0.2, -0.15) is 4.98 Å². The second-order valence-corrected chi connectivity index (χ2v) is 2.39. The average Bonchev–Trinajstić information content (AvgIpc) is 2.37. The van der Waals surface area contributed by atoms with Gasteiger partial charge >= 0.3 is 0 Å². The zero-order chi connectivity index (χ0) is 8.10. The smallest absolute Gasteiger partial charge is 0.263 e. The van der Waals surface area contributed by atoms with Crippen molar-refractivity contribution in [3.8, 4) is 0 Å². The maximum absolute atomic E-state index is 5.43. The molecule has 1 heterocycles. The van der Waals surface area contributed by atoms with E-state index in [-0.39, 0.29) is 5.28 Å². The normalized spacial score (nSPS) is 10.4. The Hall–Kier alpha value is -0.610. The summed E-state index contributed by atoms with van der Waals surface area (Å²) in [6.07, 6.45) is 1.59. The van der Waals surface area contributed by atoms with Crippen LogP contribution in [0.2, 0.25) is 5.28 Å². The molecule has 0 aliphatic carbocycles. The van der Waals surface area contributed by atoms with E-state index in [2.05, 4.69) is 10.1 Å². The first kappa shape index (κ1) is 8.49. The van der Waals surface area contributed by atoms with Crippen LogP contribution in [0.1, 0.15) is 12.3 Å². The SMILES string of the molecule is COCCCc1nc(Cl)no1. The minimum atomic E-state index is 0.164. The second kappa shape index (κ2) is 4.31. The van der Waals surface area contributed by atoms with Gasteiger partial charge in [-0.05, 0) is 23.2 Å². The Morgan fingerprint density at radius 2 is 2.45 bits per heavy atom. The number of halogens is 1. The lowest BCUT2D eigenvalue weighted by atomic mass is 10.3. The number of ether oxygens (including phenoxy) is 1. The lowest BCUT2D eigenvalue weighted by molar-refractivity contribution is 0.192. The number of rotatable bonds is 4. The van der Waals surface area contributed by atoms with Gasteiger partial charge in [-0.1, -0.05) is 0 Å². The molecule has 62 valence electrons. The summed E-state index contributed by atoms with van der Waals surface area (Å²) in [4.78, 5) is 3.81. The molecule has 1 aromatic rings. The molecule has 0 saturated carbocycles. The van der Waals surface area contributed by atoms with Crippen molar-refractivity contribution in [1.29, 1.82) is 0 Å². The lowest BCUT2D eigenvalue weighted by Crippen LogP contribution is -1.92. The number of aryl methyl sites for hydroxylation is 1. The van der Waals surface area contributed by atoms with Crippen LogP contribution in [0.3, 0.4) is 0 Å². The Balaban J connectivity index is 2.27. The van der Waals surface area contributed by atoms with Crippen LogP contribution >= 0.6 is 11.6 Å². The van der Waals surface area contributed by atoms with Gasteiger partial charge in [-0.25, -0.2) is 0 Å². The van der Waals surface area contributed by atoms with Crippen LogP contribution in [-0.2, 0) is 11.2 Å². The van der Waals surface area contributed by atoms with Crippen molar-refractivity contribution < 1.29 is 9.26 Å². The van der Waals surface area contributed by atoms with Gasteiger partial charge in [-0.3, -0.25) is 0 Å². The molecule has 0 saturated heterocycles. The van der Waals surface area contributed by atoms with Gasteiger partial charge in [0.1, 0.15) is 0 Å². The van der Waals surface area contributed by atoms with Gasteiger partial charge in [0, 0.05) is 20.1 Å². The highest BCUT2D eigenvalue weighted by Crippen LogP contribution is 2.04. The van der Waals surface area contributed by atoms with Crippen molar-refractivity contribution in [3.05, 3.63) is 11.2 Å². The molecule has 0 N–H and O–H groups in total. The Labute approximate surface area is 69.5 Å². The van der Waals surface area contributed by atoms with Crippen molar-refractivity contribution in [2.45, 2.75) is 12.8 Å². The topological polar surface area (TPSA) is 48.2 Å². The van der Waals surface area contributed by atoms with Crippen LogP contribution in [0.4, 0.5) is 0 Å². The molecule has 0 aliphatic rings. The minimum Gasteiger partial charge on any atom is -0.385 e. The van der Waals surface area contributed by atoms with E-state index in [4.69, 9.17) is 20.9 Å². The highest BCUT2D eigenvalue weighted by atomic mass is 35.5. The molecule has 0 aromatic carbocycles.